The molecule has 0 nitrogen and oxygen atoms in total. The SMILES string of the molecule is C=C(C)CCCCCCCCCCCCCCCCC.CC#CCC(CC)C[C-](C)C.CCCCCCCCCCCCCCCCCC.[W]. The Hall–Kier alpha value is -0.0117. The van der Waals surface area contributed by atoms with E-state index in [0.717, 1.165) is 12.3 Å². The summed E-state index contributed by atoms with van der Waals surface area (Å²) in [6, 6.07) is 0. The molecule has 0 aromatic rings. The van der Waals surface area contributed by atoms with Crippen LogP contribution in [0.2, 0.25) is 0 Å². The fourth-order valence-corrected chi connectivity index (χ4v) is 6.60. The summed E-state index contributed by atoms with van der Waals surface area (Å²) in [6.45, 7) is 21.5. The molecule has 1 unspecified atom stereocenters. The van der Waals surface area contributed by atoms with Crippen LogP contribution >= 0.6 is 0 Å². The van der Waals surface area contributed by atoms with Gasteiger partial charge in [-0.25, -0.2) is 0 Å². The Kier molecular flexibility index (Phi) is 60.5. The van der Waals surface area contributed by atoms with Crippen molar-refractivity contribution in [3.8, 4) is 11.8 Å². The first-order valence-electron chi connectivity index (χ1n) is 22.7. The Bertz CT molecular complexity index is 621. The van der Waals surface area contributed by atoms with Crippen LogP contribution in [0.25, 0.3) is 0 Å². The van der Waals surface area contributed by atoms with Crippen LogP contribution in [0, 0.1) is 23.7 Å². The second-order valence-electron chi connectivity index (χ2n) is 15.9. The van der Waals surface area contributed by atoms with E-state index in [1.807, 2.05) is 6.92 Å². The average Bonchev–Trinajstić information content (AvgIpc) is 3.09. The monoisotopic (exact) mass is 870 g/mol. The van der Waals surface area contributed by atoms with Gasteiger partial charge in [0.15, 0.2) is 0 Å². The van der Waals surface area contributed by atoms with Gasteiger partial charge >= 0.3 is 0 Å². The Morgan fingerprint density at radius 3 is 0.940 bits per heavy atom. The van der Waals surface area contributed by atoms with Crippen molar-refractivity contribution < 1.29 is 21.1 Å². The van der Waals surface area contributed by atoms with Crippen molar-refractivity contribution in [2.24, 2.45) is 5.92 Å². The molecular weight excluding hydrogens is 772 g/mol. The second kappa shape index (κ2) is 53.3. The van der Waals surface area contributed by atoms with Crippen LogP contribution in [0.15, 0.2) is 12.2 Å². The number of rotatable bonds is 35. The van der Waals surface area contributed by atoms with Crippen molar-refractivity contribution in [2.45, 2.75) is 280 Å². The maximum Gasteiger partial charge on any atom is 0.00925 e. The minimum absolute atomic E-state index is 0. The van der Waals surface area contributed by atoms with E-state index in [-0.39, 0.29) is 21.1 Å². The molecule has 0 rings (SSSR count). The molecule has 0 spiro atoms. The van der Waals surface area contributed by atoms with Crippen LogP contribution in [-0.2, 0) is 21.1 Å². The van der Waals surface area contributed by atoms with Crippen LogP contribution in [0.1, 0.15) is 280 Å². The largest absolute Gasteiger partial charge is 0.319 e. The maximum atomic E-state index is 3.96. The van der Waals surface area contributed by atoms with E-state index in [1.54, 1.807) is 0 Å². The van der Waals surface area contributed by atoms with Gasteiger partial charge in [0.1, 0.15) is 0 Å². The van der Waals surface area contributed by atoms with Crippen LogP contribution in [-0.4, -0.2) is 0 Å². The molecule has 0 aliphatic carbocycles. The summed E-state index contributed by atoms with van der Waals surface area (Å²) in [5, 5.41) is 0. The molecule has 0 aliphatic rings. The molecule has 1 heteroatoms. The predicted octanol–water partition coefficient (Wildman–Crippen LogP) is 18.5. The van der Waals surface area contributed by atoms with Crippen molar-refractivity contribution in [1.82, 2.24) is 0 Å². The van der Waals surface area contributed by atoms with Crippen molar-refractivity contribution in [1.29, 1.82) is 0 Å². The zero-order valence-electron chi connectivity index (χ0n) is 36.4. The summed E-state index contributed by atoms with van der Waals surface area (Å²) in [5.74, 6) is 8.40. The summed E-state index contributed by atoms with van der Waals surface area (Å²) in [6.07, 6.45) is 49.9. The Morgan fingerprint density at radius 1 is 0.480 bits per heavy atom. The van der Waals surface area contributed by atoms with Gasteiger partial charge in [-0.05, 0) is 26.7 Å². The molecule has 0 aliphatic heterocycles. The fourth-order valence-electron chi connectivity index (χ4n) is 6.60. The Labute approximate surface area is 335 Å². The Balaban J connectivity index is -0.000000327. The molecule has 0 aromatic heterocycles. The molecule has 0 radical (unpaired) electrons. The van der Waals surface area contributed by atoms with Crippen molar-refractivity contribution in [3.63, 3.8) is 0 Å². The zero-order valence-corrected chi connectivity index (χ0v) is 39.4. The van der Waals surface area contributed by atoms with Crippen molar-refractivity contribution >= 4 is 0 Å². The van der Waals surface area contributed by atoms with Gasteiger partial charge in [-0.2, -0.15) is 20.3 Å². The summed E-state index contributed by atoms with van der Waals surface area (Å²) in [5.41, 5.74) is 1.35. The summed E-state index contributed by atoms with van der Waals surface area (Å²) in [4.78, 5) is 0. The van der Waals surface area contributed by atoms with E-state index in [0.29, 0.717) is 0 Å². The molecule has 50 heavy (non-hydrogen) atoms. The van der Waals surface area contributed by atoms with Gasteiger partial charge in [-0.15, -0.1) is 18.4 Å². The van der Waals surface area contributed by atoms with E-state index in [2.05, 4.69) is 66.9 Å². The zero-order chi connectivity index (χ0) is 36.9. The molecule has 0 aromatic carbocycles. The predicted molar refractivity (Wildman–Crippen MR) is 231 cm³/mol. The number of allylic oxidation sites excluding steroid dienone is 1. The quantitative estimate of drug-likeness (QED) is 0.0258. The number of hydrogen-bond acceptors (Lipinski definition) is 0. The summed E-state index contributed by atoms with van der Waals surface area (Å²) in [7, 11) is 0. The van der Waals surface area contributed by atoms with E-state index in [4.69, 9.17) is 0 Å². The second-order valence-corrected chi connectivity index (χ2v) is 15.9. The third-order valence-corrected chi connectivity index (χ3v) is 10.0. The molecule has 0 bridgehead atoms. The van der Waals surface area contributed by atoms with Gasteiger partial charge in [0.25, 0.3) is 0 Å². The minimum atomic E-state index is 0. The van der Waals surface area contributed by atoms with Crippen LogP contribution in [0.5, 0.6) is 0 Å². The molecule has 0 heterocycles. The first-order chi connectivity index (χ1) is 23.9. The average molecular weight is 870 g/mol. The smallest absolute Gasteiger partial charge is 0.00925 e. The summed E-state index contributed by atoms with van der Waals surface area (Å²) < 4.78 is 0. The molecule has 1 atom stereocenters. The first-order valence-corrected chi connectivity index (χ1v) is 22.7. The fraction of sp³-hybridized carbons (Fsp3) is 0.898. The van der Waals surface area contributed by atoms with Gasteiger partial charge in [0, 0.05) is 27.5 Å². The van der Waals surface area contributed by atoms with Gasteiger partial charge in [0.2, 0.25) is 0 Å². The van der Waals surface area contributed by atoms with Crippen molar-refractivity contribution in [2.75, 3.05) is 0 Å². The number of hydrogen-bond donors (Lipinski definition) is 0. The molecule has 300 valence electrons. The van der Waals surface area contributed by atoms with Gasteiger partial charge in [-0.3, -0.25) is 0 Å². The van der Waals surface area contributed by atoms with E-state index >= 15 is 0 Å². The molecular formula is C49H97W-. The van der Waals surface area contributed by atoms with Crippen LogP contribution in [0.4, 0.5) is 0 Å². The first kappa shape index (κ1) is 56.7. The standard InChI is InChI=1S/C20H40.C18H38.C11H19.W/c1-4-5-6-7-8-9-10-11-12-13-14-15-16-17-18-19-20(2)3;1-3-5-7-9-11-13-15-17-18-16-14-12-10-8-6-4-2;1-5-7-8-11(6-2)9-10(3)4;/h2,4-19H2,1,3H3;3-18H2,1-2H3;11H,6,8-9H2,1-4H3;/q;;-1;. The van der Waals surface area contributed by atoms with Crippen LogP contribution < -0.4 is 0 Å². The normalized spacial score (nSPS) is 11.1. The van der Waals surface area contributed by atoms with Crippen molar-refractivity contribution in [3.05, 3.63) is 18.1 Å². The topological polar surface area (TPSA) is 0 Å². The molecule has 0 N–H and O–H groups in total. The molecule has 0 saturated heterocycles. The van der Waals surface area contributed by atoms with E-state index in [9.17, 15) is 0 Å². The Morgan fingerprint density at radius 2 is 0.740 bits per heavy atom. The molecule has 0 fully saturated rings. The van der Waals surface area contributed by atoms with Crippen LogP contribution in [0.3, 0.4) is 0 Å². The third-order valence-electron chi connectivity index (χ3n) is 10.0. The van der Waals surface area contributed by atoms with Gasteiger partial charge in [0.05, 0.1) is 0 Å². The molecule has 0 amide bonds. The number of unbranched alkanes of at least 4 members (excludes halogenated alkanes) is 29. The van der Waals surface area contributed by atoms with E-state index in [1.165, 1.54) is 230 Å². The van der Waals surface area contributed by atoms with Gasteiger partial charge < -0.3 is 5.92 Å². The third kappa shape index (κ3) is 60.1. The van der Waals surface area contributed by atoms with E-state index < -0.39 is 0 Å². The summed E-state index contributed by atoms with van der Waals surface area (Å²) >= 11 is 0. The van der Waals surface area contributed by atoms with Gasteiger partial charge in [-0.1, -0.05) is 238 Å². The maximum absolute atomic E-state index is 3.96. The molecule has 0 saturated carbocycles. The minimum Gasteiger partial charge on any atom is -0.319 e.